The van der Waals surface area contributed by atoms with Crippen LogP contribution in [0.2, 0.25) is 5.02 Å². The van der Waals surface area contributed by atoms with E-state index in [1.807, 2.05) is 25.1 Å². The largest absolute Gasteiger partial charge is 0.481 e. The molecule has 0 radical (unpaired) electrons. The fourth-order valence-corrected chi connectivity index (χ4v) is 1.88. The second-order valence-electron chi connectivity index (χ2n) is 4.33. The molecule has 0 saturated heterocycles. The molecule has 0 spiro atoms. The number of aliphatic carboxylic acids is 1. The fourth-order valence-electron chi connectivity index (χ4n) is 1.66. The van der Waals surface area contributed by atoms with Crippen LogP contribution in [-0.4, -0.2) is 11.1 Å². The predicted molar refractivity (Wildman–Crippen MR) is 70.3 cm³/mol. The lowest BCUT2D eigenvalue weighted by Crippen LogP contribution is -2.16. The standard InChI is InChI=1S/C14H17ClO2/c1-10(2)7-8-12(14(16)17)9-11-5-3-4-6-13(11)15/h3-6,12H,1,7-9H2,2H3,(H,16,17). The van der Waals surface area contributed by atoms with E-state index in [-0.39, 0.29) is 0 Å². The van der Waals surface area contributed by atoms with Crippen molar-refractivity contribution < 1.29 is 9.90 Å². The summed E-state index contributed by atoms with van der Waals surface area (Å²) in [7, 11) is 0. The Morgan fingerprint density at radius 1 is 1.47 bits per heavy atom. The normalized spacial score (nSPS) is 12.1. The first kappa shape index (κ1) is 13.8. The number of hydrogen-bond donors (Lipinski definition) is 1. The molecule has 0 aliphatic heterocycles. The second-order valence-corrected chi connectivity index (χ2v) is 4.73. The minimum absolute atomic E-state index is 0.397. The van der Waals surface area contributed by atoms with Crippen LogP contribution < -0.4 is 0 Å². The Bertz CT molecular complexity index is 412. The summed E-state index contributed by atoms with van der Waals surface area (Å²) in [4.78, 5) is 11.2. The lowest BCUT2D eigenvalue weighted by Gasteiger charge is -2.13. The van der Waals surface area contributed by atoms with E-state index in [2.05, 4.69) is 6.58 Å². The van der Waals surface area contributed by atoms with Gasteiger partial charge in [0.25, 0.3) is 0 Å². The molecule has 3 heteroatoms. The molecule has 1 aromatic carbocycles. The third kappa shape index (κ3) is 4.61. The molecule has 0 heterocycles. The van der Waals surface area contributed by atoms with E-state index in [0.717, 1.165) is 17.6 Å². The molecule has 1 N–H and O–H groups in total. The summed E-state index contributed by atoms with van der Waals surface area (Å²) in [5, 5.41) is 9.80. The van der Waals surface area contributed by atoms with E-state index >= 15 is 0 Å². The van der Waals surface area contributed by atoms with Crippen molar-refractivity contribution in [2.24, 2.45) is 5.92 Å². The van der Waals surface area contributed by atoms with Crippen LogP contribution in [0.4, 0.5) is 0 Å². The maximum Gasteiger partial charge on any atom is 0.306 e. The minimum atomic E-state index is -0.772. The number of benzene rings is 1. The molecular formula is C14H17ClO2. The number of carboxylic acid groups (broad SMARTS) is 1. The van der Waals surface area contributed by atoms with Gasteiger partial charge in [-0.15, -0.1) is 6.58 Å². The number of halogens is 1. The molecule has 0 aliphatic rings. The predicted octanol–water partition coefficient (Wildman–Crippen LogP) is 3.94. The SMILES string of the molecule is C=C(C)CCC(Cc1ccccc1Cl)C(=O)O. The molecule has 17 heavy (non-hydrogen) atoms. The van der Waals surface area contributed by atoms with Crippen LogP contribution in [-0.2, 0) is 11.2 Å². The summed E-state index contributed by atoms with van der Waals surface area (Å²) in [6.45, 7) is 5.70. The fraction of sp³-hybridized carbons (Fsp3) is 0.357. The quantitative estimate of drug-likeness (QED) is 0.779. The summed E-state index contributed by atoms with van der Waals surface area (Å²) in [5.41, 5.74) is 1.90. The average molecular weight is 253 g/mol. The Labute approximate surface area is 107 Å². The van der Waals surface area contributed by atoms with Crippen LogP contribution in [0.3, 0.4) is 0 Å². The van der Waals surface area contributed by atoms with E-state index in [1.165, 1.54) is 0 Å². The van der Waals surface area contributed by atoms with Gasteiger partial charge in [-0.2, -0.15) is 0 Å². The van der Waals surface area contributed by atoms with Crippen LogP contribution in [0.25, 0.3) is 0 Å². The highest BCUT2D eigenvalue weighted by molar-refractivity contribution is 6.31. The average Bonchev–Trinajstić information content (AvgIpc) is 2.25. The van der Waals surface area contributed by atoms with Gasteiger partial charge in [0.1, 0.15) is 0 Å². The van der Waals surface area contributed by atoms with Gasteiger partial charge < -0.3 is 5.11 Å². The Morgan fingerprint density at radius 2 is 2.12 bits per heavy atom. The van der Waals surface area contributed by atoms with Gasteiger partial charge >= 0.3 is 5.97 Å². The van der Waals surface area contributed by atoms with E-state index in [9.17, 15) is 4.79 Å². The van der Waals surface area contributed by atoms with Crippen molar-refractivity contribution in [3.8, 4) is 0 Å². The first-order valence-corrected chi connectivity index (χ1v) is 5.99. The Morgan fingerprint density at radius 3 is 2.65 bits per heavy atom. The highest BCUT2D eigenvalue weighted by Crippen LogP contribution is 2.22. The molecule has 0 amide bonds. The topological polar surface area (TPSA) is 37.3 Å². The third-order valence-corrected chi connectivity index (χ3v) is 3.06. The minimum Gasteiger partial charge on any atom is -0.481 e. The molecule has 0 saturated carbocycles. The van der Waals surface area contributed by atoms with E-state index in [0.29, 0.717) is 17.9 Å². The molecule has 1 unspecified atom stereocenters. The van der Waals surface area contributed by atoms with Gasteiger partial charge in [0, 0.05) is 5.02 Å². The monoisotopic (exact) mass is 252 g/mol. The zero-order valence-electron chi connectivity index (χ0n) is 9.95. The van der Waals surface area contributed by atoms with Crippen LogP contribution >= 0.6 is 11.6 Å². The lowest BCUT2D eigenvalue weighted by atomic mass is 9.93. The molecule has 1 atom stereocenters. The van der Waals surface area contributed by atoms with Crippen molar-refractivity contribution in [2.75, 3.05) is 0 Å². The zero-order valence-corrected chi connectivity index (χ0v) is 10.7. The summed E-state index contributed by atoms with van der Waals surface area (Å²) >= 11 is 6.03. The first-order chi connectivity index (χ1) is 8.00. The van der Waals surface area contributed by atoms with Crippen molar-refractivity contribution in [1.82, 2.24) is 0 Å². The number of rotatable bonds is 6. The van der Waals surface area contributed by atoms with Crippen LogP contribution in [0, 0.1) is 5.92 Å². The second kappa shape index (κ2) is 6.45. The molecule has 1 rings (SSSR count). The lowest BCUT2D eigenvalue weighted by molar-refractivity contribution is -0.141. The number of hydrogen-bond acceptors (Lipinski definition) is 1. The van der Waals surface area contributed by atoms with Gasteiger partial charge in [0.2, 0.25) is 0 Å². The van der Waals surface area contributed by atoms with Gasteiger partial charge in [0.05, 0.1) is 5.92 Å². The van der Waals surface area contributed by atoms with Crippen molar-refractivity contribution >= 4 is 17.6 Å². The molecule has 0 aromatic heterocycles. The summed E-state index contributed by atoms with van der Waals surface area (Å²) in [6.07, 6.45) is 1.82. The van der Waals surface area contributed by atoms with Gasteiger partial charge in [-0.1, -0.05) is 35.4 Å². The van der Waals surface area contributed by atoms with Crippen molar-refractivity contribution in [3.05, 3.63) is 47.0 Å². The Hall–Kier alpha value is -1.28. The molecule has 2 nitrogen and oxygen atoms in total. The smallest absolute Gasteiger partial charge is 0.306 e. The molecule has 0 bridgehead atoms. The van der Waals surface area contributed by atoms with Crippen LogP contribution in [0.1, 0.15) is 25.3 Å². The van der Waals surface area contributed by atoms with Gasteiger partial charge in [-0.25, -0.2) is 0 Å². The molecular weight excluding hydrogens is 236 g/mol. The van der Waals surface area contributed by atoms with Gasteiger partial charge in [-0.3, -0.25) is 4.79 Å². The summed E-state index contributed by atoms with van der Waals surface area (Å²) in [5.74, 6) is -1.17. The molecule has 0 fully saturated rings. The molecule has 92 valence electrons. The number of allylic oxidation sites excluding steroid dienone is 1. The molecule has 1 aromatic rings. The first-order valence-electron chi connectivity index (χ1n) is 5.61. The zero-order chi connectivity index (χ0) is 12.8. The Kier molecular flexibility index (Phi) is 5.23. The third-order valence-electron chi connectivity index (χ3n) is 2.69. The highest BCUT2D eigenvalue weighted by Gasteiger charge is 2.18. The van der Waals surface area contributed by atoms with Gasteiger partial charge in [0.15, 0.2) is 0 Å². The maximum absolute atomic E-state index is 11.2. The van der Waals surface area contributed by atoms with Crippen molar-refractivity contribution in [1.29, 1.82) is 0 Å². The van der Waals surface area contributed by atoms with Crippen LogP contribution in [0.5, 0.6) is 0 Å². The maximum atomic E-state index is 11.2. The van der Waals surface area contributed by atoms with Crippen LogP contribution in [0.15, 0.2) is 36.4 Å². The molecule has 0 aliphatic carbocycles. The van der Waals surface area contributed by atoms with Gasteiger partial charge in [-0.05, 0) is 37.8 Å². The van der Waals surface area contributed by atoms with E-state index in [1.54, 1.807) is 6.07 Å². The Balaban J connectivity index is 2.70. The number of carbonyl (C=O) groups is 1. The number of carboxylic acids is 1. The summed E-state index contributed by atoms with van der Waals surface area (Å²) in [6, 6.07) is 7.38. The van der Waals surface area contributed by atoms with Crippen molar-refractivity contribution in [3.63, 3.8) is 0 Å². The van der Waals surface area contributed by atoms with Crippen molar-refractivity contribution in [2.45, 2.75) is 26.2 Å². The van der Waals surface area contributed by atoms with E-state index in [4.69, 9.17) is 16.7 Å². The summed E-state index contributed by atoms with van der Waals surface area (Å²) < 4.78 is 0. The highest BCUT2D eigenvalue weighted by atomic mass is 35.5. The van der Waals surface area contributed by atoms with E-state index < -0.39 is 11.9 Å².